The molecule has 3 N–H and O–H groups in total. The molecule has 2 aromatic rings. The van der Waals surface area contributed by atoms with Gasteiger partial charge in [-0.15, -0.1) is 0 Å². The van der Waals surface area contributed by atoms with Crippen molar-refractivity contribution in [3.8, 4) is 0 Å². The second-order valence-electron chi connectivity index (χ2n) is 3.26. The summed E-state index contributed by atoms with van der Waals surface area (Å²) in [5.41, 5.74) is 2.29. The van der Waals surface area contributed by atoms with E-state index in [4.69, 9.17) is 5.21 Å². The summed E-state index contributed by atoms with van der Waals surface area (Å²) >= 11 is 0. The Morgan fingerprint density at radius 2 is 1.94 bits per heavy atom. The Hall–Kier alpha value is -2.21. The van der Waals surface area contributed by atoms with Gasteiger partial charge in [-0.05, 0) is 30.3 Å². The summed E-state index contributed by atoms with van der Waals surface area (Å²) in [4.78, 5) is 3.76. The first kappa shape index (κ1) is 11.3. The van der Waals surface area contributed by atoms with Crippen molar-refractivity contribution in [3.63, 3.8) is 0 Å². The Kier molecular flexibility index (Phi) is 3.15. The molecular formula is C11H9F2N3O. The van der Waals surface area contributed by atoms with Crippen LogP contribution in [0.15, 0.2) is 36.5 Å². The molecule has 1 aromatic heterocycles. The van der Waals surface area contributed by atoms with Gasteiger partial charge in [-0.25, -0.2) is 13.8 Å². The van der Waals surface area contributed by atoms with Crippen molar-refractivity contribution in [2.24, 2.45) is 0 Å². The molecule has 0 bridgehead atoms. The molecule has 1 aromatic carbocycles. The number of aromatic nitrogens is 1. The molecule has 0 spiro atoms. The molecule has 6 heteroatoms. The highest BCUT2D eigenvalue weighted by Crippen LogP contribution is 2.26. The zero-order chi connectivity index (χ0) is 12.3. The average molecular weight is 237 g/mol. The number of benzene rings is 1. The minimum atomic E-state index is -0.569. The van der Waals surface area contributed by atoms with Crippen molar-refractivity contribution >= 4 is 17.2 Å². The van der Waals surface area contributed by atoms with Crippen molar-refractivity contribution in [2.45, 2.75) is 0 Å². The lowest BCUT2D eigenvalue weighted by atomic mass is 10.2. The minimum Gasteiger partial charge on any atom is -0.336 e. The SMILES string of the molecule is ONc1ccc(F)cc1Nc1ncccc1F. The van der Waals surface area contributed by atoms with Gasteiger partial charge in [-0.1, -0.05) is 0 Å². The predicted octanol–water partition coefficient (Wildman–Crippen LogP) is 2.90. The van der Waals surface area contributed by atoms with Gasteiger partial charge in [0.2, 0.25) is 0 Å². The third-order valence-corrected chi connectivity index (χ3v) is 2.11. The fourth-order valence-electron chi connectivity index (χ4n) is 1.32. The molecule has 1 heterocycles. The quantitative estimate of drug-likeness (QED) is 0.718. The summed E-state index contributed by atoms with van der Waals surface area (Å²) < 4.78 is 26.3. The maximum atomic E-state index is 13.3. The van der Waals surface area contributed by atoms with E-state index < -0.39 is 11.6 Å². The number of halogens is 2. The molecule has 4 nitrogen and oxygen atoms in total. The van der Waals surface area contributed by atoms with E-state index in [9.17, 15) is 8.78 Å². The van der Waals surface area contributed by atoms with Gasteiger partial charge in [0.25, 0.3) is 0 Å². The molecule has 0 aliphatic rings. The summed E-state index contributed by atoms with van der Waals surface area (Å²) in [6.07, 6.45) is 1.40. The molecule has 88 valence electrons. The van der Waals surface area contributed by atoms with Gasteiger partial charge < -0.3 is 5.32 Å². The van der Waals surface area contributed by atoms with Gasteiger partial charge in [0.15, 0.2) is 11.6 Å². The van der Waals surface area contributed by atoms with E-state index in [1.807, 2.05) is 5.48 Å². The summed E-state index contributed by atoms with van der Waals surface area (Å²) in [6.45, 7) is 0. The number of hydrogen-bond acceptors (Lipinski definition) is 4. The Morgan fingerprint density at radius 3 is 2.65 bits per heavy atom. The first-order valence-corrected chi connectivity index (χ1v) is 4.78. The lowest BCUT2D eigenvalue weighted by Gasteiger charge is -2.10. The molecule has 0 aliphatic carbocycles. The number of hydrogen-bond donors (Lipinski definition) is 3. The van der Waals surface area contributed by atoms with E-state index in [-0.39, 0.29) is 17.2 Å². The lowest BCUT2D eigenvalue weighted by molar-refractivity contribution is 0.389. The summed E-state index contributed by atoms with van der Waals surface area (Å²) in [5, 5.41) is 11.4. The van der Waals surface area contributed by atoms with Gasteiger partial charge in [0.1, 0.15) is 5.82 Å². The fourth-order valence-corrected chi connectivity index (χ4v) is 1.32. The van der Waals surface area contributed by atoms with E-state index in [1.165, 1.54) is 30.5 Å². The van der Waals surface area contributed by atoms with Gasteiger partial charge in [-0.2, -0.15) is 0 Å². The Bertz CT molecular complexity index is 534. The van der Waals surface area contributed by atoms with Crippen molar-refractivity contribution in [3.05, 3.63) is 48.2 Å². The van der Waals surface area contributed by atoms with Crippen molar-refractivity contribution < 1.29 is 14.0 Å². The molecule has 0 radical (unpaired) electrons. The standard InChI is InChI=1S/C11H9F2N3O/c12-7-3-4-9(16-17)10(6-7)15-11-8(13)2-1-5-14-11/h1-6,16-17H,(H,14,15). The maximum Gasteiger partial charge on any atom is 0.166 e. The third-order valence-electron chi connectivity index (χ3n) is 2.11. The van der Waals surface area contributed by atoms with Crippen LogP contribution in [0.4, 0.5) is 26.0 Å². The first-order chi connectivity index (χ1) is 8.20. The van der Waals surface area contributed by atoms with E-state index in [1.54, 1.807) is 0 Å². The lowest BCUT2D eigenvalue weighted by Crippen LogP contribution is -2.01. The van der Waals surface area contributed by atoms with Crippen LogP contribution in [0.2, 0.25) is 0 Å². The van der Waals surface area contributed by atoms with E-state index in [0.717, 1.165) is 6.07 Å². The second kappa shape index (κ2) is 4.75. The van der Waals surface area contributed by atoms with Crippen molar-refractivity contribution in [1.82, 2.24) is 4.98 Å². The molecule has 0 fully saturated rings. The third kappa shape index (κ3) is 2.48. The predicted molar refractivity (Wildman–Crippen MR) is 59.3 cm³/mol. The number of rotatable bonds is 3. The molecule has 0 atom stereocenters. The zero-order valence-corrected chi connectivity index (χ0v) is 8.61. The topological polar surface area (TPSA) is 57.2 Å². The number of pyridine rings is 1. The zero-order valence-electron chi connectivity index (χ0n) is 8.61. The normalized spacial score (nSPS) is 10.1. The molecule has 17 heavy (non-hydrogen) atoms. The second-order valence-corrected chi connectivity index (χ2v) is 3.26. The van der Waals surface area contributed by atoms with E-state index in [2.05, 4.69) is 10.3 Å². The molecule has 0 unspecified atom stereocenters. The van der Waals surface area contributed by atoms with E-state index in [0.29, 0.717) is 0 Å². The number of anilines is 3. The van der Waals surface area contributed by atoms with Crippen LogP contribution in [0.3, 0.4) is 0 Å². The Labute approximate surface area is 95.9 Å². The van der Waals surface area contributed by atoms with Crippen LogP contribution in [0, 0.1) is 11.6 Å². The van der Waals surface area contributed by atoms with Crippen LogP contribution in [0.1, 0.15) is 0 Å². The summed E-state index contributed by atoms with van der Waals surface area (Å²) in [6, 6.07) is 6.27. The highest BCUT2D eigenvalue weighted by atomic mass is 19.1. The average Bonchev–Trinajstić information content (AvgIpc) is 2.32. The van der Waals surface area contributed by atoms with Crippen LogP contribution in [0.25, 0.3) is 0 Å². The molecular weight excluding hydrogens is 228 g/mol. The molecule has 0 aliphatic heterocycles. The fraction of sp³-hybridized carbons (Fsp3) is 0. The maximum absolute atomic E-state index is 13.3. The van der Waals surface area contributed by atoms with Crippen molar-refractivity contribution in [2.75, 3.05) is 10.8 Å². The van der Waals surface area contributed by atoms with Crippen LogP contribution in [-0.2, 0) is 0 Å². The van der Waals surface area contributed by atoms with Gasteiger partial charge in [0, 0.05) is 6.20 Å². The summed E-state index contributed by atoms with van der Waals surface area (Å²) in [7, 11) is 0. The molecule has 0 saturated carbocycles. The smallest absolute Gasteiger partial charge is 0.166 e. The summed E-state index contributed by atoms with van der Waals surface area (Å²) in [5.74, 6) is -1.13. The molecule has 0 saturated heterocycles. The highest BCUT2D eigenvalue weighted by molar-refractivity contribution is 5.72. The van der Waals surface area contributed by atoms with Gasteiger partial charge in [-0.3, -0.25) is 10.7 Å². The Balaban J connectivity index is 2.35. The van der Waals surface area contributed by atoms with Crippen LogP contribution in [0.5, 0.6) is 0 Å². The van der Waals surface area contributed by atoms with Crippen LogP contribution in [-0.4, -0.2) is 10.2 Å². The Morgan fingerprint density at radius 1 is 1.12 bits per heavy atom. The van der Waals surface area contributed by atoms with Gasteiger partial charge >= 0.3 is 0 Å². The number of nitrogens with one attached hydrogen (secondary N) is 2. The van der Waals surface area contributed by atoms with E-state index >= 15 is 0 Å². The molecule has 2 rings (SSSR count). The van der Waals surface area contributed by atoms with Crippen LogP contribution >= 0.6 is 0 Å². The molecule has 0 amide bonds. The monoisotopic (exact) mass is 237 g/mol. The minimum absolute atomic E-state index is 0.0467. The highest BCUT2D eigenvalue weighted by Gasteiger charge is 2.07. The largest absolute Gasteiger partial charge is 0.336 e. The van der Waals surface area contributed by atoms with Crippen LogP contribution < -0.4 is 10.8 Å². The number of nitrogens with zero attached hydrogens (tertiary/aromatic N) is 1. The van der Waals surface area contributed by atoms with Crippen molar-refractivity contribution in [1.29, 1.82) is 0 Å². The first-order valence-electron chi connectivity index (χ1n) is 4.78. The van der Waals surface area contributed by atoms with Gasteiger partial charge in [0.05, 0.1) is 11.4 Å².